The van der Waals surface area contributed by atoms with Gasteiger partial charge in [-0.05, 0) is 62.9 Å². The van der Waals surface area contributed by atoms with Crippen LogP contribution in [0.4, 0.5) is 10.2 Å². The summed E-state index contributed by atoms with van der Waals surface area (Å²) in [5.74, 6) is 0.792. The summed E-state index contributed by atoms with van der Waals surface area (Å²) in [5.41, 5.74) is 10.1. The molecule has 0 radical (unpaired) electrons. The van der Waals surface area contributed by atoms with Crippen LogP contribution in [-0.2, 0) is 0 Å². The molecule has 28 heavy (non-hydrogen) atoms. The zero-order chi connectivity index (χ0) is 20.1. The van der Waals surface area contributed by atoms with Gasteiger partial charge in [-0.25, -0.2) is 14.4 Å². The molecule has 2 aromatic rings. The molecule has 2 heterocycles. The third kappa shape index (κ3) is 4.72. The number of amidine groups is 1. The number of rotatable bonds is 5. The molecule has 1 fully saturated rings. The minimum atomic E-state index is -0.173. The van der Waals surface area contributed by atoms with E-state index in [1.165, 1.54) is 0 Å². The molecule has 0 atom stereocenters. The Morgan fingerprint density at radius 2 is 2.00 bits per heavy atom. The number of nitrogens with two attached hydrogens (primary N) is 1. The van der Waals surface area contributed by atoms with Crippen molar-refractivity contribution < 1.29 is 4.39 Å². The number of aliphatic imine (C=N–C) groups is 1. The molecule has 1 aromatic heterocycles. The Morgan fingerprint density at radius 3 is 2.64 bits per heavy atom. The first kappa shape index (κ1) is 19.9. The van der Waals surface area contributed by atoms with Gasteiger partial charge in [0, 0.05) is 24.4 Å². The second-order valence-electron chi connectivity index (χ2n) is 7.07. The summed E-state index contributed by atoms with van der Waals surface area (Å²) in [4.78, 5) is 12.6. The number of benzene rings is 1. The van der Waals surface area contributed by atoms with Gasteiger partial charge in [-0.1, -0.05) is 6.07 Å². The van der Waals surface area contributed by atoms with E-state index >= 15 is 0 Å². The predicted molar refractivity (Wildman–Crippen MR) is 111 cm³/mol. The summed E-state index contributed by atoms with van der Waals surface area (Å²) in [6.45, 7) is 5.71. The Balaban J connectivity index is 1.89. The van der Waals surface area contributed by atoms with E-state index in [1.54, 1.807) is 31.6 Å². The van der Waals surface area contributed by atoms with E-state index in [0.717, 1.165) is 48.3 Å². The normalized spacial score (nSPS) is 16.3. The highest BCUT2D eigenvalue weighted by Gasteiger charge is 2.20. The molecule has 1 saturated heterocycles. The minimum absolute atomic E-state index is 0.173. The van der Waals surface area contributed by atoms with Crippen LogP contribution in [0, 0.1) is 19.7 Å². The molecule has 7 heteroatoms. The maximum atomic E-state index is 14.9. The zero-order valence-electron chi connectivity index (χ0n) is 16.6. The number of hydrogen-bond acceptors (Lipinski definition) is 5. The summed E-state index contributed by atoms with van der Waals surface area (Å²) in [6, 6.07) is 3.55. The van der Waals surface area contributed by atoms with E-state index in [9.17, 15) is 4.39 Å². The maximum Gasteiger partial charge on any atom is 0.172 e. The molecule has 1 aromatic carbocycles. The van der Waals surface area contributed by atoms with Gasteiger partial charge in [0.05, 0.1) is 18.1 Å². The van der Waals surface area contributed by atoms with Crippen molar-refractivity contribution in [3.8, 4) is 0 Å². The highest BCUT2D eigenvalue weighted by Crippen LogP contribution is 2.31. The fourth-order valence-electron chi connectivity index (χ4n) is 3.48. The lowest BCUT2D eigenvalue weighted by Gasteiger charge is -2.24. The van der Waals surface area contributed by atoms with Crippen molar-refractivity contribution in [3.63, 3.8) is 0 Å². The van der Waals surface area contributed by atoms with Gasteiger partial charge in [0.2, 0.25) is 0 Å². The van der Waals surface area contributed by atoms with Crippen LogP contribution in [0.2, 0.25) is 0 Å². The van der Waals surface area contributed by atoms with Crippen LogP contribution in [0.15, 0.2) is 35.6 Å². The lowest BCUT2D eigenvalue weighted by molar-refractivity contribution is 0.445. The first-order valence-electron chi connectivity index (χ1n) is 9.51. The van der Waals surface area contributed by atoms with Crippen molar-refractivity contribution >= 4 is 17.4 Å². The van der Waals surface area contributed by atoms with Crippen molar-refractivity contribution in [1.29, 1.82) is 0 Å². The lowest BCUT2D eigenvalue weighted by atomic mass is 9.87. The number of nitrogens with zero attached hydrogens (tertiary/aromatic N) is 3. The van der Waals surface area contributed by atoms with Gasteiger partial charge in [-0.15, -0.1) is 0 Å². The Hall–Kier alpha value is -2.80. The molecule has 0 aliphatic carbocycles. The van der Waals surface area contributed by atoms with Crippen LogP contribution in [-0.4, -0.2) is 35.9 Å². The fraction of sp³-hybridized carbons (Fsp3) is 0.381. The topological polar surface area (TPSA) is 88.2 Å². The molecule has 0 amide bonds. The molecular weight excluding hydrogens is 355 g/mol. The summed E-state index contributed by atoms with van der Waals surface area (Å²) in [5, 5.41) is 6.42. The van der Waals surface area contributed by atoms with Gasteiger partial charge in [-0.3, -0.25) is 4.98 Å². The second kappa shape index (κ2) is 8.93. The average molecular weight is 382 g/mol. The second-order valence-corrected chi connectivity index (χ2v) is 7.07. The zero-order valence-corrected chi connectivity index (χ0v) is 16.6. The Bertz CT molecular complexity index is 883. The molecule has 0 unspecified atom stereocenters. The Morgan fingerprint density at radius 1 is 1.25 bits per heavy atom. The summed E-state index contributed by atoms with van der Waals surface area (Å²) in [7, 11) is 1.78. The number of hydrogen-bond donors (Lipinski definition) is 3. The van der Waals surface area contributed by atoms with Crippen LogP contribution in [0.3, 0.4) is 0 Å². The van der Waals surface area contributed by atoms with Crippen LogP contribution < -0.4 is 16.4 Å². The van der Waals surface area contributed by atoms with Crippen molar-refractivity contribution in [3.05, 3.63) is 58.8 Å². The minimum Gasteiger partial charge on any atom is -0.388 e. The molecular formula is C21H27FN6. The Labute approximate surface area is 165 Å². The van der Waals surface area contributed by atoms with Crippen LogP contribution in [0.1, 0.15) is 41.1 Å². The number of aromatic nitrogens is 2. The van der Waals surface area contributed by atoms with Gasteiger partial charge in [0.25, 0.3) is 0 Å². The van der Waals surface area contributed by atoms with E-state index in [4.69, 9.17) is 5.73 Å². The number of aryl methyl sites for hydroxylation is 2. The molecule has 3 rings (SSSR count). The van der Waals surface area contributed by atoms with Crippen molar-refractivity contribution in [1.82, 2.24) is 20.6 Å². The highest BCUT2D eigenvalue weighted by atomic mass is 19.1. The van der Waals surface area contributed by atoms with Gasteiger partial charge in [-0.2, -0.15) is 0 Å². The van der Waals surface area contributed by atoms with E-state index in [1.807, 2.05) is 19.9 Å². The van der Waals surface area contributed by atoms with E-state index in [0.29, 0.717) is 11.5 Å². The molecule has 0 spiro atoms. The third-order valence-corrected chi connectivity index (χ3v) is 4.99. The van der Waals surface area contributed by atoms with Gasteiger partial charge < -0.3 is 16.4 Å². The summed E-state index contributed by atoms with van der Waals surface area (Å²) < 4.78 is 14.9. The maximum absolute atomic E-state index is 14.9. The first-order chi connectivity index (χ1) is 13.5. The predicted octanol–water partition coefficient (Wildman–Crippen LogP) is 2.95. The smallest absolute Gasteiger partial charge is 0.172 e. The first-order valence-corrected chi connectivity index (χ1v) is 9.51. The number of halogens is 1. The van der Waals surface area contributed by atoms with Gasteiger partial charge in [0.15, 0.2) is 5.82 Å². The molecule has 4 N–H and O–H groups in total. The van der Waals surface area contributed by atoms with Gasteiger partial charge >= 0.3 is 0 Å². The molecule has 1 aliphatic heterocycles. The highest BCUT2D eigenvalue weighted by molar-refractivity contribution is 5.99. The van der Waals surface area contributed by atoms with Crippen molar-refractivity contribution in [2.75, 3.05) is 20.1 Å². The molecule has 6 nitrogen and oxygen atoms in total. The standard InChI is InChI=1S/C21H27FN6/c1-13-8-17(15-4-6-25-7-5-15)18(22)9-16(13)19(24-3)10-20(23)28-21-12-26-14(2)11-27-21/h8-12,15,24-25H,4-7H2,1-3H3,(H2,23,27,28)/b19-10-. The van der Waals surface area contributed by atoms with Gasteiger partial charge in [0.1, 0.15) is 11.7 Å². The van der Waals surface area contributed by atoms with Crippen LogP contribution in [0.5, 0.6) is 0 Å². The Kier molecular flexibility index (Phi) is 6.36. The van der Waals surface area contributed by atoms with Crippen molar-refractivity contribution in [2.24, 2.45) is 10.7 Å². The number of piperidine rings is 1. The van der Waals surface area contributed by atoms with E-state index in [-0.39, 0.29) is 17.6 Å². The molecule has 0 bridgehead atoms. The summed E-state index contributed by atoms with van der Waals surface area (Å²) >= 11 is 0. The third-order valence-electron chi connectivity index (χ3n) is 4.99. The molecule has 1 aliphatic rings. The van der Waals surface area contributed by atoms with Crippen molar-refractivity contribution in [2.45, 2.75) is 32.6 Å². The fourth-order valence-corrected chi connectivity index (χ4v) is 3.48. The molecule has 148 valence electrons. The quantitative estimate of drug-likeness (QED) is 0.547. The average Bonchev–Trinajstić information content (AvgIpc) is 2.70. The largest absolute Gasteiger partial charge is 0.388 e. The molecule has 0 saturated carbocycles. The van der Waals surface area contributed by atoms with E-state index in [2.05, 4.69) is 25.6 Å². The number of nitrogens with one attached hydrogen (secondary N) is 2. The summed E-state index contributed by atoms with van der Waals surface area (Å²) in [6.07, 6.45) is 6.80. The van der Waals surface area contributed by atoms with Crippen LogP contribution >= 0.6 is 0 Å². The van der Waals surface area contributed by atoms with Crippen LogP contribution in [0.25, 0.3) is 5.70 Å². The monoisotopic (exact) mass is 382 g/mol. The SMILES string of the molecule is CN/C(=C\C(N)=Nc1cnc(C)cn1)c1cc(F)c(C2CCNCC2)cc1C. The van der Waals surface area contributed by atoms with E-state index < -0.39 is 0 Å². The lowest BCUT2D eigenvalue weighted by Crippen LogP contribution is -2.27.